The molecule has 0 aliphatic heterocycles. The largest absolute Gasteiger partial charge is 0.497 e. The summed E-state index contributed by atoms with van der Waals surface area (Å²) in [7, 11) is 3.15. The SMILES string of the molecule is CCCn1nc(-c2cc(OC)ccc2OC)c(C=O)c1N. The van der Waals surface area contributed by atoms with Gasteiger partial charge in [0.05, 0.1) is 19.8 Å². The van der Waals surface area contributed by atoms with Gasteiger partial charge in [0.25, 0.3) is 0 Å². The Morgan fingerprint density at radius 3 is 2.67 bits per heavy atom. The number of aldehydes is 1. The van der Waals surface area contributed by atoms with Crippen LogP contribution in [0.3, 0.4) is 0 Å². The summed E-state index contributed by atoms with van der Waals surface area (Å²) in [6.07, 6.45) is 1.60. The second-order valence-corrected chi connectivity index (χ2v) is 4.55. The van der Waals surface area contributed by atoms with E-state index in [9.17, 15) is 4.79 Å². The van der Waals surface area contributed by atoms with E-state index in [-0.39, 0.29) is 0 Å². The maximum Gasteiger partial charge on any atom is 0.156 e. The molecular weight excluding hydrogens is 270 g/mol. The van der Waals surface area contributed by atoms with Crippen LogP contribution in [0.2, 0.25) is 0 Å². The van der Waals surface area contributed by atoms with Crippen LogP contribution < -0.4 is 15.2 Å². The molecule has 0 amide bonds. The summed E-state index contributed by atoms with van der Waals surface area (Å²) in [6, 6.07) is 5.34. The normalized spacial score (nSPS) is 10.4. The summed E-state index contributed by atoms with van der Waals surface area (Å²) in [6.45, 7) is 2.67. The Hall–Kier alpha value is -2.50. The number of carbonyl (C=O) groups is 1. The molecule has 2 rings (SSSR count). The first kappa shape index (κ1) is 14.9. The maximum absolute atomic E-state index is 11.4. The van der Waals surface area contributed by atoms with Gasteiger partial charge in [-0.3, -0.25) is 4.79 Å². The Morgan fingerprint density at radius 1 is 1.33 bits per heavy atom. The first-order valence-electron chi connectivity index (χ1n) is 6.70. The molecule has 6 heteroatoms. The number of benzene rings is 1. The van der Waals surface area contributed by atoms with Crippen LogP contribution in [0.15, 0.2) is 18.2 Å². The van der Waals surface area contributed by atoms with Gasteiger partial charge in [0, 0.05) is 12.1 Å². The second kappa shape index (κ2) is 6.30. The second-order valence-electron chi connectivity index (χ2n) is 4.55. The monoisotopic (exact) mass is 289 g/mol. The summed E-state index contributed by atoms with van der Waals surface area (Å²) in [5.41, 5.74) is 7.55. The van der Waals surface area contributed by atoms with E-state index in [2.05, 4.69) is 5.10 Å². The van der Waals surface area contributed by atoms with Gasteiger partial charge in [0.2, 0.25) is 0 Å². The lowest BCUT2D eigenvalue weighted by Crippen LogP contribution is -2.04. The Balaban J connectivity index is 2.65. The number of hydrogen-bond acceptors (Lipinski definition) is 5. The van der Waals surface area contributed by atoms with Crippen molar-refractivity contribution in [3.05, 3.63) is 23.8 Å². The van der Waals surface area contributed by atoms with Gasteiger partial charge < -0.3 is 15.2 Å². The van der Waals surface area contributed by atoms with E-state index in [1.165, 1.54) is 0 Å². The number of aromatic nitrogens is 2. The molecule has 2 N–H and O–H groups in total. The summed E-state index contributed by atoms with van der Waals surface area (Å²) < 4.78 is 12.2. The molecule has 0 fully saturated rings. The number of anilines is 1. The molecule has 0 aliphatic rings. The lowest BCUT2D eigenvalue weighted by atomic mass is 10.1. The van der Waals surface area contributed by atoms with E-state index >= 15 is 0 Å². The van der Waals surface area contributed by atoms with E-state index in [1.54, 1.807) is 37.1 Å². The maximum atomic E-state index is 11.4. The predicted molar refractivity (Wildman–Crippen MR) is 80.9 cm³/mol. The van der Waals surface area contributed by atoms with Gasteiger partial charge in [-0.15, -0.1) is 0 Å². The Bertz CT molecular complexity index is 650. The number of carbonyl (C=O) groups excluding carboxylic acids is 1. The molecule has 0 aliphatic carbocycles. The molecular formula is C15H19N3O3. The fraction of sp³-hybridized carbons (Fsp3) is 0.333. The number of nitrogens with two attached hydrogens (primary N) is 1. The van der Waals surface area contributed by atoms with Gasteiger partial charge >= 0.3 is 0 Å². The molecule has 0 saturated heterocycles. The molecule has 1 aromatic heterocycles. The minimum atomic E-state index is 0.367. The number of nitrogens with zero attached hydrogens (tertiary/aromatic N) is 2. The van der Waals surface area contributed by atoms with Crippen molar-refractivity contribution >= 4 is 12.1 Å². The minimum absolute atomic E-state index is 0.367. The van der Waals surface area contributed by atoms with Crippen molar-refractivity contribution in [3.63, 3.8) is 0 Å². The molecule has 0 bridgehead atoms. The van der Waals surface area contributed by atoms with Gasteiger partial charge in [0.15, 0.2) is 6.29 Å². The molecule has 0 radical (unpaired) electrons. The third-order valence-electron chi connectivity index (χ3n) is 3.24. The van der Waals surface area contributed by atoms with Crippen LogP contribution in [0, 0.1) is 0 Å². The number of aryl methyl sites for hydroxylation is 1. The molecule has 0 saturated carbocycles. The van der Waals surface area contributed by atoms with E-state index in [1.807, 2.05) is 6.92 Å². The van der Waals surface area contributed by atoms with Crippen LogP contribution >= 0.6 is 0 Å². The lowest BCUT2D eigenvalue weighted by Gasteiger charge is -2.09. The molecule has 0 atom stereocenters. The molecule has 1 aromatic carbocycles. The van der Waals surface area contributed by atoms with E-state index in [0.717, 1.165) is 12.7 Å². The van der Waals surface area contributed by atoms with Crippen molar-refractivity contribution in [1.82, 2.24) is 9.78 Å². The molecule has 6 nitrogen and oxygen atoms in total. The Morgan fingerprint density at radius 2 is 2.10 bits per heavy atom. The topological polar surface area (TPSA) is 79.4 Å². The van der Waals surface area contributed by atoms with Gasteiger partial charge in [-0.05, 0) is 24.6 Å². The predicted octanol–water partition coefficient (Wildman–Crippen LogP) is 2.37. The van der Waals surface area contributed by atoms with Crippen LogP contribution in [0.1, 0.15) is 23.7 Å². The van der Waals surface area contributed by atoms with Crippen LogP contribution in [0.25, 0.3) is 11.3 Å². The number of hydrogen-bond donors (Lipinski definition) is 1. The van der Waals surface area contributed by atoms with Gasteiger partial charge in [-0.1, -0.05) is 6.92 Å². The Kier molecular flexibility index (Phi) is 4.47. The number of nitrogen functional groups attached to an aromatic ring is 1. The highest BCUT2D eigenvalue weighted by atomic mass is 16.5. The highest BCUT2D eigenvalue weighted by Gasteiger charge is 2.20. The van der Waals surface area contributed by atoms with Crippen LogP contribution in [-0.2, 0) is 6.54 Å². The summed E-state index contributed by atoms with van der Waals surface area (Å²) in [4.78, 5) is 11.4. The fourth-order valence-electron chi connectivity index (χ4n) is 2.19. The van der Waals surface area contributed by atoms with E-state index in [4.69, 9.17) is 15.2 Å². The van der Waals surface area contributed by atoms with E-state index in [0.29, 0.717) is 40.7 Å². The first-order valence-corrected chi connectivity index (χ1v) is 6.70. The van der Waals surface area contributed by atoms with Crippen molar-refractivity contribution in [1.29, 1.82) is 0 Å². The highest BCUT2D eigenvalue weighted by Crippen LogP contribution is 2.35. The third-order valence-corrected chi connectivity index (χ3v) is 3.24. The lowest BCUT2D eigenvalue weighted by molar-refractivity contribution is 0.112. The quantitative estimate of drug-likeness (QED) is 0.826. The average Bonchev–Trinajstić information content (AvgIpc) is 2.83. The summed E-state index contributed by atoms with van der Waals surface area (Å²) >= 11 is 0. The number of ether oxygens (including phenoxy) is 2. The van der Waals surface area contributed by atoms with Crippen LogP contribution in [0.4, 0.5) is 5.82 Å². The van der Waals surface area contributed by atoms with Gasteiger partial charge in [0.1, 0.15) is 23.0 Å². The van der Waals surface area contributed by atoms with Gasteiger partial charge in [-0.25, -0.2) is 4.68 Å². The van der Waals surface area contributed by atoms with Crippen molar-refractivity contribution < 1.29 is 14.3 Å². The van der Waals surface area contributed by atoms with Crippen molar-refractivity contribution in [2.45, 2.75) is 19.9 Å². The summed E-state index contributed by atoms with van der Waals surface area (Å²) in [5.74, 6) is 1.64. The average molecular weight is 289 g/mol. The molecule has 112 valence electrons. The smallest absolute Gasteiger partial charge is 0.156 e. The van der Waals surface area contributed by atoms with Crippen molar-refractivity contribution in [2.24, 2.45) is 0 Å². The van der Waals surface area contributed by atoms with Crippen LogP contribution in [-0.4, -0.2) is 30.3 Å². The van der Waals surface area contributed by atoms with Gasteiger partial charge in [-0.2, -0.15) is 5.10 Å². The zero-order valence-electron chi connectivity index (χ0n) is 12.4. The third kappa shape index (κ3) is 2.69. The fourth-order valence-corrected chi connectivity index (χ4v) is 2.19. The molecule has 0 unspecified atom stereocenters. The first-order chi connectivity index (χ1) is 10.2. The van der Waals surface area contributed by atoms with Crippen molar-refractivity contribution in [3.8, 4) is 22.8 Å². The van der Waals surface area contributed by atoms with E-state index < -0.39 is 0 Å². The zero-order chi connectivity index (χ0) is 15.4. The van der Waals surface area contributed by atoms with Crippen molar-refractivity contribution in [2.75, 3.05) is 20.0 Å². The number of methoxy groups -OCH3 is 2. The van der Waals surface area contributed by atoms with Crippen LogP contribution in [0.5, 0.6) is 11.5 Å². The minimum Gasteiger partial charge on any atom is -0.497 e. The summed E-state index contributed by atoms with van der Waals surface area (Å²) in [5, 5.41) is 4.45. The molecule has 21 heavy (non-hydrogen) atoms. The molecule has 2 aromatic rings. The highest BCUT2D eigenvalue weighted by molar-refractivity contribution is 5.93. The number of rotatable bonds is 6. The molecule has 1 heterocycles. The Labute approximate surface area is 123 Å². The molecule has 0 spiro atoms. The standard InChI is InChI=1S/C15H19N3O3/c1-4-7-18-15(16)12(9-19)14(17-18)11-8-10(20-2)5-6-13(11)21-3/h5-6,8-9H,4,7,16H2,1-3H3. The zero-order valence-corrected chi connectivity index (χ0v) is 12.4.